The van der Waals surface area contributed by atoms with Crippen molar-refractivity contribution in [3.63, 3.8) is 0 Å². The minimum Gasteiger partial charge on any atom is -0.478 e. The lowest BCUT2D eigenvalue weighted by molar-refractivity contribution is 0.0696. The number of nitrogens with one attached hydrogen (secondary N) is 1. The number of aromatic carboxylic acids is 1. The van der Waals surface area contributed by atoms with E-state index in [0.717, 1.165) is 12.1 Å². The van der Waals surface area contributed by atoms with Crippen LogP contribution in [-0.2, 0) is 10.0 Å². The number of hydrogen-bond acceptors (Lipinski definition) is 3. The summed E-state index contributed by atoms with van der Waals surface area (Å²) >= 11 is 3.06. The van der Waals surface area contributed by atoms with Gasteiger partial charge in [0, 0.05) is 10.2 Å². The Balaban J connectivity index is 2.37. The summed E-state index contributed by atoms with van der Waals surface area (Å²) in [6.07, 6.45) is 0. The summed E-state index contributed by atoms with van der Waals surface area (Å²) in [6.45, 7) is 0. The molecule has 0 saturated carbocycles. The summed E-state index contributed by atoms with van der Waals surface area (Å²) < 4.78 is 39.8. The van der Waals surface area contributed by atoms with Crippen LogP contribution in [0.3, 0.4) is 0 Å². The molecule has 2 N–H and O–H groups in total. The molecule has 21 heavy (non-hydrogen) atoms. The smallest absolute Gasteiger partial charge is 0.336 e. The Labute approximate surface area is 128 Å². The van der Waals surface area contributed by atoms with Gasteiger partial charge in [0.2, 0.25) is 0 Å². The lowest BCUT2D eigenvalue weighted by Crippen LogP contribution is -2.13. The number of hydrogen-bond donors (Lipinski definition) is 2. The largest absolute Gasteiger partial charge is 0.478 e. The van der Waals surface area contributed by atoms with Crippen LogP contribution in [0.25, 0.3) is 0 Å². The van der Waals surface area contributed by atoms with Crippen LogP contribution in [0.1, 0.15) is 10.4 Å². The van der Waals surface area contributed by atoms with Gasteiger partial charge in [-0.15, -0.1) is 0 Å². The molecule has 110 valence electrons. The van der Waals surface area contributed by atoms with Gasteiger partial charge < -0.3 is 5.11 Å². The molecule has 0 radical (unpaired) electrons. The standard InChI is InChI=1S/C13H9BrFNO4S/c14-12-5-4-9(7-11(12)13(17)18)16-21(19,20)10-3-1-2-8(15)6-10/h1-7,16H,(H,17,18). The normalized spacial score (nSPS) is 11.1. The van der Waals surface area contributed by atoms with Crippen molar-refractivity contribution >= 4 is 37.6 Å². The van der Waals surface area contributed by atoms with E-state index < -0.39 is 21.8 Å². The quantitative estimate of drug-likeness (QED) is 0.862. The molecule has 0 bridgehead atoms. The maximum absolute atomic E-state index is 13.1. The van der Waals surface area contributed by atoms with Gasteiger partial charge in [-0.05, 0) is 52.3 Å². The molecule has 0 aliphatic heterocycles. The molecule has 0 aromatic heterocycles. The molecule has 0 unspecified atom stereocenters. The van der Waals surface area contributed by atoms with Crippen LogP contribution in [0.4, 0.5) is 10.1 Å². The number of carboxylic acid groups (broad SMARTS) is 1. The Morgan fingerprint density at radius 2 is 1.90 bits per heavy atom. The predicted molar refractivity (Wildman–Crippen MR) is 78.3 cm³/mol. The van der Waals surface area contributed by atoms with Crippen molar-refractivity contribution in [1.29, 1.82) is 0 Å². The van der Waals surface area contributed by atoms with Crippen LogP contribution in [0, 0.1) is 5.82 Å². The highest BCUT2D eigenvalue weighted by Crippen LogP contribution is 2.23. The Morgan fingerprint density at radius 3 is 2.52 bits per heavy atom. The van der Waals surface area contributed by atoms with E-state index in [0.29, 0.717) is 4.47 Å². The molecule has 0 heterocycles. The Hall–Kier alpha value is -1.93. The molecule has 2 aromatic carbocycles. The van der Waals surface area contributed by atoms with Gasteiger partial charge in [0.05, 0.1) is 10.5 Å². The first-order valence-corrected chi connectivity index (χ1v) is 7.88. The van der Waals surface area contributed by atoms with Crippen molar-refractivity contribution in [1.82, 2.24) is 0 Å². The third-order valence-electron chi connectivity index (χ3n) is 2.56. The molecule has 0 saturated heterocycles. The third kappa shape index (κ3) is 3.59. The minimum absolute atomic E-state index is 0.0693. The Bertz CT molecular complexity index is 808. The summed E-state index contributed by atoms with van der Waals surface area (Å²) in [7, 11) is -3.99. The molecule has 5 nitrogen and oxygen atoms in total. The fourth-order valence-electron chi connectivity index (χ4n) is 1.60. The third-order valence-corrected chi connectivity index (χ3v) is 4.63. The zero-order valence-electron chi connectivity index (χ0n) is 10.4. The molecule has 2 aromatic rings. The zero-order chi connectivity index (χ0) is 15.6. The fourth-order valence-corrected chi connectivity index (χ4v) is 3.10. The number of halogens is 2. The van der Waals surface area contributed by atoms with E-state index in [-0.39, 0.29) is 16.1 Å². The molecule has 2 rings (SSSR count). The van der Waals surface area contributed by atoms with E-state index in [1.165, 1.54) is 30.3 Å². The minimum atomic E-state index is -3.99. The van der Waals surface area contributed by atoms with E-state index in [9.17, 15) is 17.6 Å². The number of carboxylic acids is 1. The topological polar surface area (TPSA) is 83.5 Å². The monoisotopic (exact) mass is 373 g/mol. The highest BCUT2D eigenvalue weighted by Gasteiger charge is 2.16. The molecular formula is C13H9BrFNO4S. The molecule has 0 fully saturated rings. The van der Waals surface area contributed by atoms with Crippen LogP contribution in [0.15, 0.2) is 51.8 Å². The van der Waals surface area contributed by atoms with Gasteiger partial charge in [-0.2, -0.15) is 0 Å². The second kappa shape index (κ2) is 5.82. The molecular weight excluding hydrogens is 365 g/mol. The summed E-state index contributed by atoms with van der Waals surface area (Å²) in [5.74, 6) is -1.88. The van der Waals surface area contributed by atoms with Crippen molar-refractivity contribution in [2.75, 3.05) is 4.72 Å². The second-order valence-corrected chi connectivity index (χ2v) is 6.60. The van der Waals surface area contributed by atoms with E-state index in [1.807, 2.05) is 0 Å². The SMILES string of the molecule is O=C(O)c1cc(NS(=O)(=O)c2cccc(F)c2)ccc1Br. The molecule has 0 aliphatic rings. The summed E-state index contributed by atoms with van der Waals surface area (Å²) in [5.41, 5.74) is -0.0192. The predicted octanol–water partition coefficient (Wildman–Crippen LogP) is 3.09. The fraction of sp³-hybridized carbons (Fsp3) is 0. The van der Waals surface area contributed by atoms with E-state index in [2.05, 4.69) is 20.7 Å². The average molecular weight is 374 g/mol. The maximum atomic E-state index is 13.1. The van der Waals surface area contributed by atoms with Gasteiger partial charge in [0.25, 0.3) is 10.0 Å². The van der Waals surface area contributed by atoms with Crippen LogP contribution in [0.2, 0.25) is 0 Å². The first kappa shape index (κ1) is 15.5. The summed E-state index contributed by atoms with van der Waals surface area (Å²) in [6, 6.07) is 8.49. The van der Waals surface area contributed by atoms with Gasteiger partial charge >= 0.3 is 5.97 Å². The molecule has 0 spiro atoms. The van der Waals surface area contributed by atoms with Crippen molar-refractivity contribution in [3.05, 3.63) is 58.3 Å². The zero-order valence-corrected chi connectivity index (χ0v) is 12.8. The molecule has 0 atom stereocenters. The first-order chi connectivity index (χ1) is 9.79. The van der Waals surface area contributed by atoms with Gasteiger partial charge in [-0.1, -0.05) is 6.07 Å². The van der Waals surface area contributed by atoms with Gasteiger partial charge in [-0.3, -0.25) is 4.72 Å². The molecule has 8 heteroatoms. The highest BCUT2D eigenvalue weighted by molar-refractivity contribution is 9.10. The number of sulfonamides is 1. The van der Waals surface area contributed by atoms with Crippen molar-refractivity contribution in [2.45, 2.75) is 4.90 Å². The van der Waals surface area contributed by atoms with Crippen molar-refractivity contribution in [2.24, 2.45) is 0 Å². The molecule has 0 amide bonds. The number of benzene rings is 2. The second-order valence-electron chi connectivity index (χ2n) is 4.06. The van der Waals surface area contributed by atoms with Gasteiger partial charge in [0.1, 0.15) is 5.82 Å². The lowest BCUT2D eigenvalue weighted by Gasteiger charge is -2.09. The van der Waals surface area contributed by atoms with Crippen LogP contribution in [-0.4, -0.2) is 19.5 Å². The van der Waals surface area contributed by atoms with E-state index in [1.54, 1.807) is 0 Å². The Morgan fingerprint density at radius 1 is 1.19 bits per heavy atom. The van der Waals surface area contributed by atoms with Gasteiger partial charge in [0.15, 0.2) is 0 Å². The first-order valence-electron chi connectivity index (χ1n) is 5.61. The Kier molecular flexibility index (Phi) is 4.29. The van der Waals surface area contributed by atoms with E-state index in [4.69, 9.17) is 5.11 Å². The number of carbonyl (C=O) groups is 1. The van der Waals surface area contributed by atoms with Crippen LogP contribution < -0.4 is 4.72 Å². The summed E-state index contributed by atoms with van der Waals surface area (Å²) in [5, 5.41) is 8.99. The van der Waals surface area contributed by atoms with Crippen molar-refractivity contribution < 1.29 is 22.7 Å². The van der Waals surface area contributed by atoms with Crippen LogP contribution in [0.5, 0.6) is 0 Å². The van der Waals surface area contributed by atoms with Gasteiger partial charge in [-0.25, -0.2) is 17.6 Å². The average Bonchev–Trinajstić information content (AvgIpc) is 2.40. The van der Waals surface area contributed by atoms with E-state index >= 15 is 0 Å². The number of anilines is 1. The highest BCUT2D eigenvalue weighted by atomic mass is 79.9. The lowest BCUT2D eigenvalue weighted by atomic mass is 10.2. The molecule has 0 aliphatic carbocycles. The number of rotatable bonds is 4. The van der Waals surface area contributed by atoms with Crippen LogP contribution >= 0.6 is 15.9 Å². The maximum Gasteiger partial charge on any atom is 0.336 e. The van der Waals surface area contributed by atoms with Crippen molar-refractivity contribution in [3.8, 4) is 0 Å². The summed E-state index contributed by atoms with van der Waals surface area (Å²) in [4.78, 5) is 10.7.